The van der Waals surface area contributed by atoms with Crippen molar-refractivity contribution in [3.05, 3.63) is 35.4 Å². The number of hydrogen-bond donors (Lipinski definition) is 3. The summed E-state index contributed by atoms with van der Waals surface area (Å²) in [5.74, 6) is -1.54. The molecule has 0 aromatic heterocycles. The molecule has 1 saturated heterocycles. The Morgan fingerprint density at radius 1 is 1.10 bits per heavy atom. The first-order valence-electron chi connectivity index (χ1n) is 10.4. The van der Waals surface area contributed by atoms with Crippen LogP contribution < -0.4 is 5.32 Å². The third-order valence-electron chi connectivity index (χ3n) is 7.09. The van der Waals surface area contributed by atoms with Crippen molar-refractivity contribution in [2.75, 3.05) is 26.8 Å². The molecule has 2 aliphatic carbocycles. The number of benzene rings is 1. The summed E-state index contributed by atoms with van der Waals surface area (Å²) >= 11 is 0. The molecule has 2 amide bonds. The molecule has 7 heteroatoms. The third-order valence-corrected chi connectivity index (χ3v) is 7.09. The molecule has 7 nitrogen and oxygen atoms in total. The smallest absolute Gasteiger partial charge is 0.248 e. The van der Waals surface area contributed by atoms with E-state index in [1.54, 1.807) is 4.90 Å². The van der Waals surface area contributed by atoms with Crippen LogP contribution in [-0.4, -0.2) is 72.0 Å². The van der Waals surface area contributed by atoms with Crippen LogP contribution in [0.5, 0.6) is 0 Å². The van der Waals surface area contributed by atoms with E-state index in [0.29, 0.717) is 13.1 Å². The predicted molar refractivity (Wildman–Crippen MR) is 106 cm³/mol. The summed E-state index contributed by atoms with van der Waals surface area (Å²) in [7, 11) is 1.47. The second-order valence-electron chi connectivity index (χ2n) is 8.81. The number of nitrogens with one attached hydrogen (secondary N) is 1. The van der Waals surface area contributed by atoms with Crippen molar-refractivity contribution in [2.45, 2.75) is 38.0 Å². The normalized spacial score (nSPS) is 34.0. The van der Waals surface area contributed by atoms with Crippen molar-refractivity contribution >= 4 is 11.8 Å². The van der Waals surface area contributed by atoms with Crippen LogP contribution in [0.3, 0.4) is 0 Å². The summed E-state index contributed by atoms with van der Waals surface area (Å²) in [6, 6.07) is 8.26. The highest BCUT2D eigenvalue weighted by Gasteiger charge is 2.54. The molecule has 6 atom stereocenters. The number of nitrogens with zero attached hydrogens (tertiary/aromatic N) is 1. The Bertz CT molecular complexity index is 759. The average Bonchev–Trinajstić information content (AvgIpc) is 3.30. The molecule has 158 valence electrons. The maximum absolute atomic E-state index is 13.3. The molecule has 4 rings (SSSR count). The van der Waals surface area contributed by atoms with Crippen molar-refractivity contribution in [1.82, 2.24) is 10.2 Å². The number of carbonyl (C=O) groups is 2. The van der Waals surface area contributed by atoms with Gasteiger partial charge in [-0.2, -0.15) is 0 Å². The number of hydrogen-bond acceptors (Lipinski definition) is 5. The Hall–Kier alpha value is -1.96. The molecule has 0 bridgehead atoms. The summed E-state index contributed by atoms with van der Waals surface area (Å²) in [4.78, 5) is 27.2. The van der Waals surface area contributed by atoms with E-state index in [1.165, 1.54) is 18.2 Å². The van der Waals surface area contributed by atoms with Gasteiger partial charge in [-0.15, -0.1) is 0 Å². The van der Waals surface area contributed by atoms with Gasteiger partial charge in [-0.25, -0.2) is 0 Å². The van der Waals surface area contributed by atoms with Gasteiger partial charge in [-0.1, -0.05) is 31.2 Å². The molecular weight excluding hydrogens is 372 g/mol. The van der Waals surface area contributed by atoms with Gasteiger partial charge < -0.3 is 25.2 Å². The Morgan fingerprint density at radius 3 is 2.34 bits per heavy atom. The number of carbonyl (C=O) groups excluding carboxylic acids is 2. The number of likely N-dealkylation sites (tertiary alicyclic amines) is 1. The van der Waals surface area contributed by atoms with Gasteiger partial charge in [0.05, 0.1) is 12.2 Å². The van der Waals surface area contributed by atoms with E-state index in [9.17, 15) is 19.8 Å². The van der Waals surface area contributed by atoms with E-state index in [0.717, 1.165) is 12.8 Å². The van der Waals surface area contributed by atoms with Gasteiger partial charge in [-0.05, 0) is 35.8 Å². The van der Waals surface area contributed by atoms with Crippen LogP contribution >= 0.6 is 0 Å². The number of aliphatic hydroxyl groups is 2. The molecule has 1 saturated carbocycles. The molecule has 29 heavy (non-hydrogen) atoms. The quantitative estimate of drug-likeness (QED) is 0.657. The molecule has 2 fully saturated rings. The van der Waals surface area contributed by atoms with Gasteiger partial charge in [0.2, 0.25) is 11.8 Å². The lowest BCUT2D eigenvalue weighted by Gasteiger charge is -2.43. The van der Waals surface area contributed by atoms with Crippen molar-refractivity contribution in [3.63, 3.8) is 0 Å². The van der Waals surface area contributed by atoms with E-state index in [2.05, 4.69) is 17.4 Å². The number of rotatable bonds is 4. The van der Waals surface area contributed by atoms with Crippen molar-refractivity contribution in [3.8, 4) is 0 Å². The van der Waals surface area contributed by atoms with Crippen LogP contribution in [0.2, 0.25) is 0 Å². The van der Waals surface area contributed by atoms with Crippen molar-refractivity contribution < 1.29 is 24.5 Å². The maximum Gasteiger partial charge on any atom is 0.248 e. The molecule has 1 aromatic carbocycles. The second-order valence-corrected chi connectivity index (χ2v) is 8.81. The topological polar surface area (TPSA) is 99.1 Å². The van der Waals surface area contributed by atoms with Gasteiger partial charge in [-0.3, -0.25) is 9.59 Å². The van der Waals surface area contributed by atoms with Gasteiger partial charge >= 0.3 is 0 Å². The van der Waals surface area contributed by atoms with Gasteiger partial charge in [0.15, 0.2) is 0 Å². The van der Waals surface area contributed by atoms with E-state index < -0.39 is 18.1 Å². The molecule has 1 heterocycles. The van der Waals surface area contributed by atoms with Crippen LogP contribution in [0.15, 0.2) is 24.3 Å². The zero-order chi connectivity index (χ0) is 20.7. The standard InChI is InChI=1S/C22H30N2O5/c1-12-19(22(28)23-15-7-13-5-3-4-6-14(13)8-15)16-9-24(18(25)11-29-2)10-17(16)21(27)20(12)26/h3-6,12,15-17,19-21,26-27H,7-11H2,1-2H3,(H,23,28)/t12-,16+,17+,19+,20+,21+/m1/s1. The Kier molecular flexibility index (Phi) is 5.64. The summed E-state index contributed by atoms with van der Waals surface area (Å²) in [5.41, 5.74) is 2.53. The van der Waals surface area contributed by atoms with Crippen LogP contribution in [0.25, 0.3) is 0 Å². The third kappa shape index (κ3) is 3.67. The van der Waals surface area contributed by atoms with Gasteiger partial charge in [0, 0.05) is 38.1 Å². The highest BCUT2D eigenvalue weighted by molar-refractivity contribution is 5.81. The van der Waals surface area contributed by atoms with Gasteiger partial charge in [0.25, 0.3) is 0 Å². The zero-order valence-corrected chi connectivity index (χ0v) is 17.0. The van der Waals surface area contributed by atoms with E-state index >= 15 is 0 Å². The Balaban J connectivity index is 1.49. The molecular formula is C22H30N2O5. The number of aliphatic hydroxyl groups excluding tert-OH is 2. The molecule has 0 radical (unpaired) electrons. The van der Waals surface area contributed by atoms with Crippen molar-refractivity contribution in [2.24, 2.45) is 23.7 Å². The first-order chi connectivity index (χ1) is 13.9. The highest BCUT2D eigenvalue weighted by Crippen LogP contribution is 2.44. The second kappa shape index (κ2) is 8.05. The van der Waals surface area contributed by atoms with Crippen LogP contribution in [0.4, 0.5) is 0 Å². The Labute approximate surface area is 171 Å². The monoisotopic (exact) mass is 402 g/mol. The van der Waals surface area contributed by atoms with E-state index in [1.807, 2.05) is 19.1 Å². The molecule has 1 aromatic rings. The number of fused-ring (bicyclic) bond motifs is 2. The lowest BCUT2D eigenvalue weighted by Crippen LogP contribution is -2.56. The summed E-state index contributed by atoms with van der Waals surface area (Å²) in [6.07, 6.45) is -0.304. The number of methoxy groups -OCH3 is 1. The Morgan fingerprint density at radius 2 is 1.72 bits per heavy atom. The highest BCUT2D eigenvalue weighted by atomic mass is 16.5. The summed E-state index contributed by atoms with van der Waals surface area (Å²) in [6.45, 7) is 2.54. The minimum Gasteiger partial charge on any atom is -0.390 e. The van der Waals surface area contributed by atoms with Crippen LogP contribution in [-0.2, 0) is 27.2 Å². The average molecular weight is 402 g/mol. The van der Waals surface area contributed by atoms with E-state index in [4.69, 9.17) is 4.74 Å². The summed E-state index contributed by atoms with van der Waals surface area (Å²) in [5, 5.41) is 24.4. The van der Waals surface area contributed by atoms with Crippen LogP contribution in [0.1, 0.15) is 18.1 Å². The molecule has 3 aliphatic rings. The predicted octanol–water partition coefficient (Wildman–Crippen LogP) is -0.0213. The fourth-order valence-corrected chi connectivity index (χ4v) is 5.57. The van der Waals surface area contributed by atoms with Crippen molar-refractivity contribution in [1.29, 1.82) is 0 Å². The molecule has 3 N–H and O–H groups in total. The maximum atomic E-state index is 13.3. The fraction of sp³-hybridized carbons (Fsp3) is 0.636. The molecule has 0 unspecified atom stereocenters. The van der Waals surface area contributed by atoms with Crippen LogP contribution in [0, 0.1) is 23.7 Å². The minimum atomic E-state index is -0.981. The zero-order valence-electron chi connectivity index (χ0n) is 17.0. The first kappa shape index (κ1) is 20.3. The first-order valence-corrected chi connectivity index (χ1v) is 10.4. The number of amides is 2. The fourth-order valence-electron chi connectivity index (χ4n) is 5.57. The summed E-state index contributed by atoms with van der Waals surface area (Å²) < 4.78 is 4.95. The lowest BCUT2D eigenvalue weighted by atomic mass is 9.65. The van der Waals surface area contributed by atoms with E-state index in [-0.39, 0.29) is 42.2 Å². The van der Waals surface area contributed by atoms with Gasteiger partial charge in [0.1, 0.15) is 6.61 Å². The lowest BCUT2D eigenvalue weighted by molar-refractivity contribution is -0.146. The SMILES string of the molecule is COCC(=O)N1C[C@@H]2[C@H](O)[C@@H](O)[C@H](C)[C@H](C(=O)NC3Cc4ccccc4C3)[C@H]2C1. The minimum absolute atomic E-state index is 0.0230. The molecule has 1 aliphatic heterocycles. The molecule has 0 spiro atoms. The largest absolute Gasteiger partial charge is 0.390 e. The number of ether oxygens (including phenoxy) is 1.